The van der Waals surface area contributed by atoms with Gasteiger partial charge in [-0.1, -0.05) is 36.5 Å². The number of anilines is 1. The number of nitrogens with two attached hydrogens (primary N) is 1. The Hall–Kier alpha value is -1.79. The molecule has 0 saturated carbocycles. The summed E-state index contributed by atoms with van der Waals surface area (Å²) in [5.41, 5.74) is 7.64. The Balaban J connectivity index is 2.02. The van der Waals surface area contributed by atoms with Gasteiger partial charge in [0.1, 0.15) is 10.8 Å². The minimum Gasteiger partial charge on any atom is -0.389 e. The topological polar surface area (TPSA) is 55.1 Å². The monoisotopic (exact) mass is 366 g/mol. The Bertz CT molecular complexity index is 689. The minimum atomic E-state index is -0.367. The number of hydrogen-bond acceptors (Lipinski definition) is 2. The van der Waals surface area contributed by atoms with Crippen LogP contribution in [0, 0.1) is 5.82 Å². The summed E-state index contributed by atoms with van der Waals surface area (Å²) in [6.07, 6.45) is 0.210. The molecule has 2 aromatic rings. The largest absolute Gasteiger partial charge is 0.389 e. The van der Waals surface area contributed by atoms with Crippen molar-refractivity contribution in [1.82, 2.24) is 0 Å². The van der Waals surface area contributed by atoms with Crippen molar-refractivity contribution in [3.63, 3.8) is 0 Å². The highest BCUT2D eigenvalue weighted by molar-refractivity contribution is 9.10. The molecule has 0 aliphatic heterocycles. The number of benzene rings is 2. The van der Waals surface area contributed by atoms with Gasteiger partial charge in [-0.2, -0.15) is 0 Å². The summed E-state index contributed by atoms with van der Waals surface area (Å²) in [5, 5.41) is 2.72. The van der Waals surface area contributed by atoms with Gasteiger partial charge in [-0.3, -0.25) is 4.79 Å². The summed E-state index contributed by atoms with van der Waals surface area (Å²) in [6, 6.07) is 11.2. The van der Waals surface area contributed by atoms with Crippen LogP contribution >= 0.6 is 28.1 Å². The summed E-state index contributed by atoms with van der Waals surface area (Å²) in [4.78, 5) is 12.3. The van der Waals surface area contributed by atoms with Crippen LogP contribution in [0.2, 0.25) is 0 Å². The molecule has 0 atom stereocenters. The lowest BCUT2D eigenvalue weighted by Gasteiger charge is -2.08. The van der Waals surface area contributed by atoms with E-state index in [0.29, 0.717) is 15.1 Å². The van der Waals surface area contributed by atoms with Crippen molar-refractivity contribution in [2.75, 3.05) is 5.32 Å². The molecule has 6 heteroatoms. The highest BCUT2D eigenvalue weighted by Crippen LogP contribution is 2.23. The van der Waals surface area contributed by atoms with Gasteiger partial charge in [-0.25, -0.2) is 4.39 Å². The van der Waals surface area contributed by atoms with E-state index in [2.05, 4.69) is 21.2 Å². The molecule has 108 valence electrons. The van der Waals surface area contributed by atoms with E-state index >= 15 is 0 Å². The lowest BCUT2D eigenvalue weighted by atomic mass is 10.1. The summed E-state index contributed by atoms with van der Waals surface area (Å²) in [6.45, 7) is 0. The van der Waals surface area contributed by atoms with Crippen LogP contribution in [0.15, 0.2) is 46.9 Å². The van der Waals surface area contributed by atoms with Crippen molar-refractivity contribution in [2.24, 2.45) is 5.73 Å². The fraction of sp³-hybridized carbons (Fsp3) is 0.0667. The molecule has 0 saturated heterocycles. The number of halogens is 2. The van der Waals surface area contributed by atoms with Crippen LogP contribution in [0.25, 0.3) is 0 Å². The molecule has 2 rings (SSSR count). The zero-order valence-corrected chi connectivity index (χ0v) is 13.3. The third-order valence-corrected chi connectivity index (χ3v) is 3.70. The molecule has 0 aliphatic rings. The summed E-state index contributed by atoms with van der Waals surface area (Å²) < 4.78 is 13.5. The number of carbonyl (C=O) groups excluding carboxylic acids is 1. The quantitative estimate of drug-likeness (QED) is 0.815. The van der Waals surface area contributed by atoms with Gasteiger partial charge in [0.25, 0.3) is 0 Å². The molecule has 3 N–H and O–H groups in total. The Morgan fingerprint density at radius 1 is 1.24 bits per heavy atom. The first-order valence-corrected chi connectivity index (χ1v) is 7.29. The predicted octanol–water partition coefficient (Wildman–Crippen LogP) is 3.40. The molecule has 0 fully saturated rings. The Morgan fingerprint density at radius 3 is 2.48 bits per heavy atom. The predicted molar refractivity (Wildman–Crippen MR) is 88.8 cm³/mol. The lowest BCUT2D eigenvalue weighted by Crippen LogP contribution is -2.15. The number of rotatable bonds is 4. The van der Waals surface area contributed by atoms with Crippen LogP contribution in [0.4, 0.5) is 10.1 Å². The SMILES string of the molecule is NC(=S)c1ccc(CC(=O)Nc2ccc(F)cc2Br)cc1. The van der Waals surface area contributed by atoms with Crippen molar-refractivity contribution in [2.45, 2.75) is 6.42 Å². The first-order valence-electron chi connectivity index (χ1n) is 6.09. The van der Waals surface area contributed by atoms with Gasteiger partial charge in [0.05, 0.1) is 12.1 Å². The number of nitrogens with one attached hydrogen (secondary N) is 1. The summed E-state index contributed by atoms with van der Waals surface area (Å²) >= 11 is 8.07. The summed E-state index contributed by atoms with van der Waals surface area (Å²) in [5.74, 6) is -0.557. The number of hydrogen-bond donors (Lipinski definition) is 2. The van der Waals surface area contributed by atoms with E-state index in [-0.39, 0.29) is 18.1 Å². The molecule has 2 aromatic carbocycles. The molecule has 1 amide bonds. The lowest BCUT2D eigenvalue weighted by molar-refractivity contribution is -0.115. The van der Waals surface area contributed by atoms with Crippen molar-refractivity contribution >= 4 is 44.7 Å². The third kappa shape index (κ3) is 4.34. The van der Waals surface area contributed by atoms with E-state index in [1.807, 2.05) is 0 Å². The van der Waals surface area contributed by atoms with Gasteiger partial charge in [0.2, 0.25) is 5.91 Å². The van der Waals surface area contributed by atoms with Crippen molar-refractivity contribution in [3.05, 3.63) is 63.9 Å². The number of thiocarbonyl (C=S) groups is 1. The first-order chi connectivity index (χ1) is 9.95. The molecular weight excluding hydrogens is 355 g/mol. The van der Waals surface area contributed by atoms with Gasteiger partial charge in [0.15, 0.2) is 0 Å². The molecule has 0 spiro atoms. The van der Waals surface area contributed by atoms with Crippen LogP contribution in [-0.4, -0.2) is 10.9 Å². The van der Waals surface area contributed by atoms with Gasteiger partial charge < -0.3 is 11.1 Å². The maximum atomic E-state index is 13.0. The summed E-state index contributed by atoms with van der Waals surface area (Å²) in [7, 11) is 0. The van der Waals surface area contributed by atoms with Crippen LogP contribution in [0.3, 0.4) is 0 Å². The first kappa shape index (κ1) is 15.6. The zero-order valence-electron chi connectivity index (χ0n) is 10.9. The van der Waals surface area contributed by atoms with Crippen LogP contribution in [0.5, 0.6) is 0 Å². The van der Waals surface area contributed by atoms with Crippen molar-refractivity contribution in [3.8, 4) is 0 Å². The maximum Gasteiger partial charge on any atom is 0.228 e. The third-order valence-electron chi connectivity index (χ3n) is 2.81. The average Bonchev–Trinajstić information content (AvgIpc) is 2.42. The van der Waals surface area contributed by atoms with E-state index in [4.69, 9.17) is 18.0 Å². The average molecular weight is 367 g/mol. The standard InChI is InChI=1S/C15H12BrFN2OS/c16-12-8-11(17)5-6-13(12)19-14(20)7-9-1-3-10(4-2-9)15(18)21/h1-6,8H,7H2,(H2,18,21)(H,19,20). The van der Waals surface area contributed by atoms with Crippen molar-refractivity contribution < 1.29 is 9.18 Å². The van der Waals surface area contributed by atoms with Gasteiger partial charge in [0, 0.05) is 10.0 Å². The van der Waals surface area contributed by atoms with Gasteiger partial charge in [-0.15, -0.1) is 0 Å². The maximum absolute atomic E-state index is 13.0. The molecular formula is C15H12BrFN2OS. The Morgan fingerprint density at radius 2 is 1.90 bits per heavy atom. The van der Waals surface area contributed by atoms with E-state index in [1.165, 1.54) is 18.2 Å². The smallest absolute Gasteiger partial charge is 0.228 e. The second-order valence-electron chi connectivity index (χ2n) is 4.41. The molecule has 0 bridgehead atoms. The highest BCUT2D eigenvalue weighted by atomic mass is 79.9. The fourth-order valence-electron chi connectivity index (χ4n) is 1.76. The fourth-order valence-corrected chi connectivity index (χ4v) is 2.34. The number of carbonyl (C=O) groups is 1. The Kier molecular flexibility index (Phi) is 5.03. The highest BCUT2D eigenvalue weighted by Gasteiger charge is 2.08. The van der Waals surface area contributed by atoms with E-state index in [9.17, 15) is 9.18 Å². The second-order valence-corrected chi connectivity index (χ2v) is 5.70. The molecule has 0 aromatic heterocycles. The van der Waals surface area contributed by atoms with Crippen LogP contribution in [-0.2, 0) is 11.2 Å². The molecule has 21 heavy (non-hydrogen) atoms. The van der Waals surface area contributed by atoms with E-state index in [1.54, 1.807) is 24.3 Å². The van der Waals surface area contributed by atoms with Gasteiger partial charge in [-0.05, 0) is 39.7 Å². The van der Waals surface area contributed by atoms with Gasteiger partial charge >= 0.3 is 0 Å². The molecule has 0 radical (unpaired) electrons. The second kappa shape index (κ2) is 6.78. The molecule has 0 unspecified atom stereocenters. The normalized spacial score (nSPS) is 10.2. The molecule has 0 aliphatic carbocycles. The van der Waals surface area contributed by atoms with E-state index < -0.39 is 0 Å². The van der Waals surface area contributed by atoms with Crippen LogP contribution < -0.4 is 11.1 Å². The Labute approximate surface area is 135 Å². The minimum absolute atomic E-state index is 0.189. The van der Waals surface area contributed by atoms with E-state index in [0.717, 1.165) is 11.1 Å². The zero-order chi connectivity index (χ0) is 15.4. The molecule has 3 nitrogen and oxygen atoms in total. The number of amides is 1. The molecule has 0 heterocycles. The van der Waals surface area contributed by atoms with Crippen molar-refractivity contribution in [1.29, 1.82) is 0 Å². The van der Waals surface area contributed by atoms with Crippen LogP contribution in [0.1, 0.15) is 11.1 Å².